The maximum atomic E-state index is 12.5. The Bertz CT molecular complexity index is 1180. The molecule has 0 aliphatic rings. The van der Waals surface area contributed by atoms with Crippen LogP contribution in [0.5, 0.6) is 0 Å². The lowest BCUT2D eigenvalue weighted by Crippen LogP contribution is -2.19. The van der Waals surface area contributed by atoms with E-state index in [9.17, 15) is 9.59 Å². The topological polar surface area (TPSA) is 105 Å². The quantitative estimate of drug-likeness (QED) is 0.559. The Morgan fingerprint density at radius 1 is 1.23 bits per heavy atom. The number of nitrogens with one attached hydrogen (secondary N) is 2. The SMILES string of the molecule is O=C(Nc1cc(=O)[nH]c2nc(-c3ccco3)nn12)c1ccc(Cl)cc1Cl. The molecule has 1 amide bonds. The van der Waals surface area contributed by atoms with Gasteiger partial charge >= 0.3 is 0 Å². The van der Waals surface area contributed by atoms with Gasteiger partial charge in [-0.3, -0.25) is 14.6 Å². The van der Waals surface area contributed by atoms with E-state index in [-0.39, 0.29) is 28.0 Å². The Morgan fingerprint density at radius 2 is 2.08 bits per heavy atom. The molecule has 0 unspecified atom stereocenters. The number of H-pyrrole nitrogens is 1. The van der Waals surface area contributed by atoms with Crippen LogP contribution in [0.15, 0.2) is 51.9 Å². The molecule has 1 aromatic carbocycles. The van der Waals surface area contributed by atoms with Crippen molar-refractivity contribution in [3.63, 3.8) is 0 Å². The first-order chi connectivity index (χ1) is 12.5. The molecular weight excluding hydrogens is 381 g/mol. The fourth-order valence-electron chi connectivity index (χ4n) is 2.35. The minimum Gasteiger partial charge on any atom is -0.461 e. The van der Waals surface area contributed by atoms with Crippen LogP contribution in [-0.4, -0.2) is 25.5 Å². The van der Waals surface area contributed by atoms with Crippen LogP contribution in [-0.2, 0) is 0 Å². The Labute approximate surface area is 155 Å². The summed E-state index contributed by atoms with van der Waals surface area (Å²) in [6.45, 7) is 0. The van der Waals surface area contributed by atoms with Crippen LogP contribution >= 0.6 is 23.2 Å². The van der Waals surface area contributed by atoms with Gasteiger partial charge in [-0.05, 0) is 30.3 Å². The third-order valence-electron chi connectivity index (χ3n) is 3.50. The summed E-state index contributed by atoms with van der Waals surface area (Å²) in [5.41, 5.74) is -0.246. The molecule has 4 rings (SSSR count). The smallest absolute Gasteiger partial charge is 0.258 e. The molecule has 26 heavy (non-hydrogen) atoms. The second-order valence-electron chi connectivity index (χ2n) is 5.25. The third-order valence-corrected chi connectivity index (χ3v) is 4.04. The summed E-state index contributed by atoms with van der Waals surface area (Å²) in [5, 5.41) is 7.45. The molecule has 0 atom stereocenters. The Balaban J connectivity index is 1.76. The van der Waals surface area contributed by atoms with E-state index in [1.54, 1.807) is 18.2 Å². The normalized spacial score (nSPS) is 11.0. The fraction of sp³-hybridized carbons (Fsp3) is 0. The molecule has 0 spiro atoms. The maximum absolute atomic E-state index is 12.5. The van der Waals surface area contributed by atoms with Gasteiger partial charge in [-0.15, -0.1) is 5.10 Å². The number of nitrogens with zero attached hydrogens (tertiary/aromatic N) is 3. The van der Waals surface area contributed by atoms with Gasteiger partial charge in [0, 0.05) is 11.1 Å². The van der Waals surface area contributed by atoms with Crippen molar-refractivity contribution in [2.24, 2.45) is 0 Å². The number of furan rings is 1. The van der Waals surface area contributed by atoms with E-state index in [0.717, 1.165) is 0 Å². The van der Waals surface area contributed by atoms with Crippen molar-refractivity contribution in [1.29, 1.82) is 0 Å². The monoisotopic (exact) mass is 389 g/mol. The molecule has 10 heteroatoms. The lowest BCUT2D eigenvalue weighted by molar-refractivity contribution is 0.102. The molecule has 0 aliphatic heterocycles. The van der Waals surface area contributed by atoms with Crippen LogP contribution in [0.1, 0.15) is 10.4 Å². The van der Waals surface area contributed by atoms with E-state index in [1.165, 1.54) is 29.0 Å². The number of rotatable bonds is 3. The number of aromatic nitrogens is 4. The lowest BCUT2D eigenvalue weighted by atomic mass is 10.2. The predicted octanol–water partition coefficient (Wildman–Crippen LogP) is 3.24. The number of carbonyl (C=O) groups excluding carboxylic acids is 1. The highest BCUT2D eigenvalue weighted by Crippen LogP contribution is 2.22. The maximum Gasteiger partial charge on any atom is 0.258 e. The molecule has 4 aromatic rings. The van der Waals surface area contributed by atoms with Crippen molar-refractivity contribution in [2.45, 2.75) is 0 Å². The molecular formula is C16H9Cl2N5O3. The highest BCUT2D eigenvalue weighted by atomic mass is 35.5. The molecule has 8 nitrogen and oxygen atoms in total. The fourth-order valence-corrected chi connectivity index (χ4v) is 2.84. The third kappa shape index (κ3) is 2.96. The molecule has 0 fully saturated rings. The highest BCUT2D eigenvalue weighted by Gasteiger charge is 2.16. The summed E-state index contributed by atoms with van der Waals surface area (Å²) in [5.74, 6) is 0.449. The lowest BCUT2D eigenvalue weighted by Gasteiger charge is -2.07. The van der Waals surface area contributed by atoms with Crippen LogP contribution in [0.4, 0.5) is 5.82 Å². The van der Waals surface area contributed by atoms with Crippen LogP contribution in [0.3, 0.4) is 0 Å². The highest BCUT2D eigenvalue weighted by molar-refractivity contribution is 6.37. The summed E-state index contributed by atoms with van der Waals surface area (Å²) in [4.78, 5) is 31.1. The Hall–Kier alpha value is -3.10. The summed E-state index contributed by atoms with van der Waals surface area (Å²) in [6, 6.07) is 9.04. The van der Waals surface area contributed by atoms with E-state index in [4.69, 9.17) is 27.6 Å². The zero-order valence-electron chi connectivity index (χ0n) is 12.9. The van der Waals surface area contributed by atoms with Gasteiger partial charge in [-0.25, -0.2) is 0 Å². The van der Waals surface area contributed by atoms with E-state index < -0.39 is 11.5 Å². The van der Waals surface area contributed by atoms with Gasteiger partial charge in [0.1, 0.15) is 5.82 Å². The molecule has 0 aliphatic carbocycles. The van der Waals surface area contributed by atoms with Crippen molar-refractivity contribution in [3.05, 3.63) is 68.6 Å². The van der Waals surface area contributed by atoms with Crippen molar-refractivity contribution < 1.29 is 9.21 Å². The molecule has 3 aromatic heterocycles. The average Bonchev–Trinajstić information content (AvgIpc) is 3.23. The minimum atomic E-state index is -0.520. The zero-order chi connectivity index (χ0) is 18.3. The van der Waals surface area contributed by atoms with Gasteiger partial charge in [-0.1, -0.05) is 23.2 Å². The number of amides is 1. The standard InChI is InChI=1S/C16H9Cl2N5O3/c17-8-3-4-9(10(18)6-8)15(25)19-12-7-13(24)20-16-21-14(22-23(12)16)11-2-1-5-26-11/h1-7H,(H,19,25)(H,20,21,22,24). The van der Waals surface area contributed by atoms with Gasteiger partial charge in [0.25, 0.3) is 11.5 Å². The number of aromatic amines is 1. The Morgan fingerprint density at radius 3 is 2.81 bits per heavy atom. The summed E-state index contributed by atoms with van der Waals surface area (Å²) in [7, 11) is 0. The molecule has 3 heterocycles. The van der Waals surface area contributed by atoms with Crippen molar-refractivity contribution >= 4 is 40.7 Å². The number of hydrogen-bond donors (Lipinski definition) is 2. The van der Waals surface area contributed by atoms with E-state index in [2.05, 4.69) is 20.4 Å². The summed E-state index contributed by atoms with van der Waals surface area (Å²) in [6.07, 6.45) is 1.48. The van der Waals surface area contributed by atoms with Gasteiger partial charge in [-0.2, -0.15) is 9.50 Å². The number of carbonyl (C=O) groups is 1. The second kappa shape index (κ2) is 6.32. The van der Waals surface area contributed by atoms with Crippen LogP contribution in [0.2, 0.25) is 10.0 Å². The first kappa shape index (κ1) is 16.4. The Kier molecular flexibility index (Phi) is 3.98. The number of fused-ring (bicyclic) bond motifs is 1. The number of halogens is 2. The summed E-state index contributed by atoms with van der Waals surface area (Å²) >= 11 is 11.9. The first-order valence-electron chi connectivity index (χ1n) is 7.31. The average molecular weight is 390 g/mol. The first-order valence-corrected chi connectivity index (χ1v) is 8.07. The van der Waals surface area contributed by atoms with E-state index >= 15 is 0 Å². The molecule has 0 saturated heterocycles. The van der Waals surface area contributed by atoms with E-state index in [1.807, 2.05) is 0 Å². The van der Waals surface area contributed by atoms with Gasteiger partial charge in [0.15, 0.2) is 5.76 Å². The zero-order valence-corrected chi connectivity index (χ0v) is 14.4. The van der Waals surface area contributed by atoms with Gasteiger partial charge < -0.3 is 9.73 Å². The van der Waals surface area contributed by atoms with Crippen LogP contribution < -0.4 is 10.9 Å². The number of benzene rings is 1. The van der Waals surface area contributed by atoms with Crippen molar-refractivity contribution in [3.8, 4) is 11.6 Å². The number of hydrogen-bond acceptors (Lipinski definition) is 5. The van der Waals surface area contributed by atoms with Gasteiger partial charge in [0.2, 0.25) is 11.6 Å². The molecule has 0 saturated carbocycles. The summed E-state index contributed by atoms with van der Waals surface area (Å²) < 4.78 is 6.54. The molecule has 0 bridgehead atoms. The number of anilines is 1. The van der Waals surface area contributed by atoms with Crippen LogP contribution in [0.25, 0.3) is 17.4 Å². The van der Waals surface area contributed by atoms with Crippen molar-refractivity contribution in [2.75, 3.05) is 5.32 Å². The molecule has 130 valence electrons. The minimum absolute atomic E-state index is 0.130. The van der Waals surface area contributed by atoms with Crippen LogP contribution in [0, 0.1) is 0 Å². The van der Waals surface area contributed by atoms with E-state index in [0.29, 0.717) is 10.8 Å². The second-order valence-corrected chi connectivity index (χ2v) is 6.09. The molecule has 2 N–H and O–H groups in total. The van der Waals surface area contributed by atoms with Crippen molar-refractivity contribution in [1.82, 2.24) is 19.6 Å². The predicted molar refractivity (Wildman–Crippen MR) is 95.7 cm³/mol. The largest absolute Gasteiger partial charge is 0.461 e. The van der Waals surface area contributed by atoms with Gasteiger partial charge in [0.05, 0.1) is 16.8 Å². The molecule has 0 radical (unpaired) electrons.